The molecule has 3 aromatic heterocycles. The van der Waals surface area contributed by atoms with Crippen LogP contribution in [0.5, 0.6) is 5.75 Å². The third-order valence-corrected chi connectivity index (χ3v) is 8.59. The Bertz CT molecular complexity index is 2090. The summed E-state index contributed by atoms with van der Waals surface area (Å²) in [5.41, 5.74) is 10.5. The Morgan fingerprint density at radius 3 is 2.60 bits per heavy atom. The third-order valence-electron chi connectivity index (χ3n) is 8.59. The number of aromatic nitrogens is 3. The first-order valence-corrected chi connectivity index (χ1v) is 15.4. The van der Waals surface area contributed by atoms with Crippen LogP contribution in [0.4, 0.5) is 4.39 Å². The van der Waals surface area contributed by atoms with E-state index in [0.29, 0.717) is 41.2 Å². The van der Waals surface area contributed by atoms with Gasteiger partial charge >= 0.3 is 0 Å². The SMILES string of the molecule is Cc1cc(OCCn2ccnc2)c(C(=O)NC2(c3ccccn3)CC2)cc1-c1ccc2oc(Cc3ccc(F)cc3)c(C(N)=O)c2c1. The fourth-order valence-corrected chi connectivity index (χ4v) is 5.97. The van der Waals surface area contributed by atoms with E-state index in [2.05, 4.69) is 15.3 Å². The van der Waals surface area contributed by atoms with Gasteiger partial charge in [0.25, 0.3) is 11.8 Å². The maximum Gasteiger partial charge on any atom is 0.255 e. The average Bonchev–Trinajstić information content (AvgIpc) is 3.48. The van der Waals surface area contributed by atoms with Gasteiger partial charge in [-0.2, -0.15) is 0 Å². The molecule has 1 fully saturated rings. The minimum atomic E-state index is -0.624. The van der Waals surface area contributed by atoms with Gasteiger partial charge in [-0.25, -0.2) is 9.37 Å². The van der Waals surface area contributed by atoms with Gasteiger partial charge in [-0.15, -0.1) is 0 Å². The number of hydrogen-bond donors (Lipinski definition) is 2. The molecule has 0 unspecified atom stereocenters. The van der Waals surface area contributed by atoms with E-state index in [1.807, 2.05) is 60.2 Å². The topological polar surface area (TPSA) is 125 Å². The van der Waals surface area contributed by atoms with Crippen molar-refractivity contribution >= 4 is 22.8 Å². The normalized spacial score (nSPS) is 13.4. The number of rotatable bonds is 11. The van der Waals surface area contributed by atoms with E-state index in [4.69, 9.17) is 14.9 Å². The molecule has 0 radical (unpaired) electrons. The highest BCUT2D eigenvalue weighted by atomic mass is 19.1. The zero-order valence-corrected chi connectivity index (χ0v) is 25.7. The smallest absolute Gasteiger partial charge is 0.255 e. The summed E-state index contributed by atoms with van der Waals surface area (Å²) in [6.07, 6.45) is 8.86. The maximum atomic E-state index is 14.0. The summed E-state index contributed by atoms with van der Waals surface area (Å²) >= 11 is 0. The average molecular weight is 630 g/mol. The molecule has 1 aliphatic carbocycles. The van der Waals surface area contributed by atoms with Crippen molar-refractivity contribution in [1.29, 1.82) is 0 Å². The molecule has 0 spiro atoms. The number of carbonyl (C=O) groups is 2. The summed E-state index contributed by atoms with van der Waals surface area (Å²) in [4.78, 5) is 35.3. The number of fused-ring (bicyclic) bond motifs is 1. The lowest BCUT2D eigenvalue weighted by Crippen LogP contribution is -2.35. The van der Waals surface area contributed by atoms with Crippen LogP contribution in [0, 0.1) is 12.7 Å². The van der Waals surface area contributed by atoms with Crippen LogP contribution in [0.1, 0.15) is 56.1 Å². The number of imidazole rings is 1. The van der Waals surface area contributed by atoms with Crippen LogP contribution in [0.25, 0.3) is 22.1 Å². The number of nitrogens with two attached hydrogens (primary N) is 1. The zero-order valence-electron chi connectivity index (χ0n) is 25.7. The highest BCUT2D eigenvalue weighted by molar-refractivity contribution is 6.08. The molecule has 1 saturated carbocycles. The number of aryl methyl sites for hydroxylation is 1. The first-order chi connectivity index (χ1) is 22.8. The second-order valence-corrected chi connectivity index (χ2v) is 11.8. The van der Waals surface area contributed by atoms with Crippen LogP contribution >= 0.6 is 0 Å². The van der Waals surface area contributed by atoms with E-state index in [9.17, 15) is 14.0 Å². The van der Waals surface area contributed by atoms with E-state index in [1.165, 1.54) is 12.1 Å². The zero-order chi connectivity index (χ0) is 32.5. The van der Waals surface area contributed by atoms with Gasteiger partial charge in [-0.3, -0.25) is 14.6 Å². The van der Waals surface area contributed by atoms with Crippen molar-refractivity contribution < 1.29 is 23.1 Å². The Morgan fingerprint density at radius 1 is 1.06 bits per heavy atom. The van der Waals surface area contributed by atoms with Gasteiger partial charge in [0.05, 0.1) is 35.2 Å². The molecule has 236 valence electrons. The number of halogens is 1. The molecule has 10 heteroatoms. The van der Waals surface area contributed by atoms with E-state index < -0.39 is 11.4 Å². The number of nitrogens with one attached hydrogen (secondary N) is 1. The minimum Gasteiger partial charge on any atom is -0.491 e. The molecule has 3 heterocycles. The number of amides is 2. The van der Waals surface area contributed by atoms with Crippen LogP contribution in [-0.2, 0) is 18.5 Å². The predicted octanol–water partition coefficient (Wildman–Crippen LogP) is 6.33. The number of benzene rings is 3. The van der Waals surface area contributed by atoms with Crippen molar-refractivity contribution in [2.24, 2.45) is 5.73 Å². The lowest BCUT2D eigenvalue weighted by molar-refractivity contribution is 0.0924. The minimum absolute atomic E-state index is 0.268. The van der Waals surface area contributed by atoms with Gasteiger partial charge in [0.15, 0.2) is 0 Å². The monoisotopic (exact) mass is 629 g/mol. The highest BCUT2D eigenvalue weighted by Gasteiger charge is 2.47. The lowest BCUT2D eigenvalue weighted by atomic mass is 9.95. The largest absolute Gasteiger partial charge is 0.491 e. The summed E-state index contributed by atoms with van der Waals surface area (Å²) in [5, 5.41) is 3.79. The van der Waals surface area contributed by atoms with Gasteiger partial charge < -0.3 is 24.8 Å². The fraction of sp³-hybridized carbons (Fsp3) is 0.189. The van der Waals surface area contributed by atoms with Crippen LogP contribution in [0.15, 0.2) is 102 Å². The van der Waals surface area contributed by atoms with Gasteiger partial charge in [0, 0.05) is 30.4 Å². The molecule has 3 aromatic carbocycles. The summed E-state index contributed by atoms with van der Waals surface area (Å²) < 4.78 is 27.7. The van der Waals surface area contributed by atoms with Crippen LogP contribution in [0.2, 0.25) is 0 Å². The number of carbonyl (C=O) groups excluding carboxylic acids is 2. The van der Waals surface area contributed by atoms with Gasteiger partial charge in [-0.05, 0) is 90.6 Å². The molecule has 0 aliphatic heterocycles. The Morgan fingerprint density at radius 2 is 1.89 bits per heavy atom. The molecule has 47 heavy (non-hydrogen) atoms. The van der Waals surface area contributed by atoms with E-state index in [0.717, 1.165) is 40.8 Å². The van der Waals surface area contributed by atoms with Crippen molar-refractivity contribution in [2.75, 3.05) is 6.61 Å². The molecular formula is C37H32FN5O4. The quantitative estimate of drug-likeness (QED) is 0.173. The lowest BCUT2D eigenvalue weighted by Gasteiger charge is -2.20. The molecule has 7 rings (SSSR count). The number of pyridine rings is 1. The molecular weight excluding hydrogens is 597 g/mol. The van der Waals surface area contributed by atoms with Crippen molar-refractivity contribution in [3.8, 4) is 16.9 Å². The second-order valence-electron chi connectivity index (χ2n) is 11.8. The molecule has 0 atom stereocenters. The Labute approximate surface area is 270 Å². The Hall–Kier alpha value is -5.77. The Balaban J connectivity index is 1.25. The number of nitrogens with zero attached hydrogens (tertiary/aromatic N) is 3. The molecule has 3 N–H and O–H groups in total. The van der Waals surface area contributed by atoms with Crippen LogP contribution in [0.3, 0.4) is 0 Å². The molecule has 9 nitrogen and oxygen atoms in total. The van der Waals surface area contributed by atoms with E-state index >= 15 is 0 Å². The summed E-state index contributed by atoms with van der Waals surface area (Å²) in [5.74, 6) is -0.375. The van der Waals surface area contributed by atoms with Crippen molar-refractivity contribution in [3.05, 3.63) is 137 Å². The number of furan rings is 1. The predicted molar refractivity (Wildman–Crippen MR) is 174 cm³/mol. The van der Waals surface area contributed by atoms with Crippen LogP contribution in [-0.4, -0.2) is 33.0 Å². The van der Waals surface area contributed by atoms with Crippen molar-refractivity contribution in [2.45, 2.75) is 38.3 Å². The van der Waals surface area contributed by atoms with Crippen LogP contribution < -0.4 is 15.8 Å². The van der Waals surface area contributed by atoms with Gasteiger partial charge in [0.1, 0.15) is 29.5 Å². The number of ether oxygens (including phenoxy) is 1. The van der Waals surface area contributed by atoms with Gasteiger partial charge in [-0.1, -0.05) is 24.3 Å². The molecule has 1 aliphatic rings. The number of primary amides is 1. The Kier molecular flexibility index (Phi) is 7.77. The first kappa shape index (κ1) is 29.9. The van der Waals surface area contributed by atoms with Gasteiger partial charge in [0.2, 0.25) is 0 Å². The molecule has 6 aromatic rings. The summed E-state index contributed by atoms with van der Waals surface area (Å²) in [7, 11) is 0. The highest BCUT2D eigenvalue weighted by Crippen LogP contribution is 2.45. The summed E-state index contributed by atoms with van der Waals surface area (Å²) in [6, 6.07) is 20.9. The van der Waals surface area contributed by atoms with Crippen molar-refractivity contribution in [3.63, 3.8) is 0 Å². The van der Waals surface area contributed by atoms with E-state index in [-0.39, 0.29) is 23.7 Å². The second kappa shape index (κ2) is 12.2. The number of hydrogen-bond acceptors (Lipinski definition) is 6. The maximum absolute atomic E-state index is 14.0. The molecule has 2 amide bonds. The first-order valence-electron chi connectivity index (χ1n) is 15.4. The third kappa shape index (κ3) is 6.09. The molecule has 0 saturated heterocycles. The summed E-state index contributed by atoms with van der Waals surface area (Å²) in [6.45, 7) is 2.85. The fourth-order valence-electron chi connectivity index (χ4n) is 5.97. The standard InChI is InChI=1S/C37H32FN5O4/c1-23-18-31(46-17-16-43-15-14-40-22-43)29(36(45)42-37(11-12-37)33-4-2-3-13-41-33)21-27(23)25-7-10-30-28(20-25)34(35(39)44)32(47-30)19-24-5-8-26(38)9-6-24/h2-10,13-15,18,20-22H,11-12,16-17,19H2,1H3,(H2,39,44)(H,42,45). The molecule has 0 bridgehead atoms. The van der Waals surface area contributed by atoms with E-state index in [1.54, 1.807) is 36.9 Å². The van der Waals surface area contributed by atoms with Crippen molar-refractivity contribution in [1.82, 2.24) is 19.9 Å².